The van der Waals surface area contributed by atoms with Crippen LogP contribution in [0.15, 0.2) is 24.3 Å². The molecule has 6 nitrogen and oxygen atoms in total. The number of para-hydroxylation sites is 2. The van der Waals surface area contributed by atoms with Crippen molar-refractivity contribution in [1.29, 1.82) is 0 Å². The number of nitrogens with two attached hydrogens (primary N) is 1. The van der Waals surface area contributed by atoms with Crippen molar-refractivity contribution < 1.29 is 18.7 Å². The van der Waals surface area contributed by atoms with Crippen LogP contribution in [0, 0.1) is 0 Å². The van der Waals surface area contributed by atoms with Crippen LogP contribution >= 0.6 is 0 Å². The summed E-state index contributed by atoms with van der Waals surface area (Å²) in [6.07, 6.45) is -1.33. The van der Waals surface area contributed by atoms with Gasteiger partial charge in [0.15, 0.2) is 18.8 Å². The number of hydrogen-bond acceptors (Lipinski definition) is 6. The van der Waals surface area contributed by atoms with Crippen LogP contribution in [-0.4, -0.2) is 57.8 Å². The molecule has 0 bridgehead atoms. The third kappa shape index (κ3) is 2.79. The highest BCUT2D eigenvalue weighted by Crippen LogP contribution is 2.35. The monoisotopic (exact) mass is 309 g/mol. The molecule has 0 spiro atoms. The van der Waals surface area contributed by atoms with Gasteiger partial charge in [-0.1, -0.05) is 12.1 Å². The van der Waals surface area contributed by atoms with Crippen molar-refractivity contribution in [3.05, 3.63) is 24.3 Å². The van der Waals surface area contributed by atoms with E-state index in [1.54, 1.807) is 4.90 Å². The Morgan fingerprint density at radius 1 is 1.32 bits per heavy atom. The molecule has 120 valence electrons. The highest BCUT2D eigenvalue weighted by molar-refractivity contribution is 5.76. The van der Waals surface area contributed by atoms with E-state index in [0.29, 0.717) is 26.2 Å². The predicted molar refractivity (Wildman–Crippen MR) is 80.6 cm³/mol. The van der Waals surface area contributed by atoms with Gasteiger partial charge in [0.25, 0.3) is 0 Å². The molecule has 2 fully saturated rings. The fraction of sp³-hybridized carbons (Fsp3) is 0.533. The number of ether oxygens (including phenoxy) is 2. The first-order chi connectivity index (χ1) is 10.7. The van der Waals surface area contributed by atoms with Crippen molar-refractivity contribution >= 4 is 17.7 Å². The van der Waals surface area contributed by atoms with Gasteiger partial charge in [-0.15, -0.1) is 0 Å². The molecule has 7 heteroatoms. The molecule has 3 atom stereocenters. The van der Waals surface area contributed by atoms with Gasteiger partial charge in [-0.25, -0.2) is 4.39 Å². The van der Waals surface area contributed by atoms with Crippen molar-refractivity contribution in [1.82, 2.24) is 0 Å². The fourth-order valence-electron chi connectivity index (χ4n) is 2.90. The molecule has 1 aromatic carbocycles. The van der Waals surface area contributed by atoms with Gasteiger partial charge in [-0.2, -0.15) is 0 Å². The van der Waals surface area contributed by atoms with Gasteiger partial charge in [0.1, 0.15) is 0 Å². The van der Waals surface area contributed by atoms with Crippen molar-refractivity contribution in [3.8, 4) is 0 Å². The minimum atomic E-state index is -1.20. The van der Waals surface area contributed by atoms with Crippen LogP contribution in [-0.2, 0) is 14.3 Å². The second-order valence-corrected chi connectivity index (χ2v) is 5.36. The molecular formula is C15H20FN3O3. The molecule has 3 unspecified atom stereocenters. The summed E-state index contributed by atoms with van der Waals surface area (Å²) in [5.41, 5.74) is 7.16. The largest absolute Gasteiger partial charge is 0.375 e. The summed E-state index contributed by atoms with van der Waals surface area (Å²) in [6, 6.07) is 7.44. The summed E-state index contributed by atoms with van der Waals surface area (Å²) in [6.45, 7) is 1.85. The lowest BCUT2D eigenvalue weighted by Gasteiger charge is -2.35. The third-order valence-electron chi connectivity index (χ3n) is 3.99. The predicted octanol–water partition coefficient (Wildman–Crippen LogP) is 0.508. The summed E-state index contributed by atoms with van der Waals surface area (Å²) < 4.78 is 24.9. The number of halogens is 1. The minimum Gasteiger partial charge on any atom is -0.375 e. The maximum atomic E-state index is 14.2. The summed E-state index contributed by atoms with van der Waals surface area (Å²) in [5.74, 6) is 0. The fourth-order valence-corrected chi connectivity index (χ4v) is 2.90. The molecule has 0 aliphatic carbocycles. The molecule has 2 heterocycles. The lowest BCUT2D eigenvalue weighted by molar-refractivity contribution is -0.117. The number of rotatable bonds is 4. The average Bonchev–Trinajstić information content (AvgIpc) is 2.99. The normalized spacial score (nSPS) is 28.9. The van der Waals surface area contributed by atoms with E-state index in [1.807, 2.05) is 29.2 Å². The van der Waals surface area contributed by atoms with E-state index in [-0.39, 0.29) is 12.7 Å². The average molecular weight is 309 g/mol. The molecule has 3 rings (SSSR count). The van der Waals surface area contributed by atoms with Crippen LogP contribution in [0.5, 0.6) is 0 Å². The molecule has 0 radical (unpaired) electrons. The van der Waals surface area contributed by atoms with Gasteiger partial charge in [0.2, 0.25) is 0 Å². The molecular weight excluding hydrogens is 289 g/mol. The first-order valence-corrected chi connectivity index (χ1v) is 7.39. The van der Waals surface area contributed by atoms with E-state index < -0.39 is 12.5 Å². The van der Waals surface area contributed by atoms with E-state index in [4.69, 9.17) is 15.2 Å². The van der Waals surface area contributed by atoms with Gasteiger partial charge in [-0.05, 0) is 12.1 Å². The SMILES string of the molecule is NCC1CN(c2ccccc2N2CCOCC2F)C(C=O)O1. The molecule has 2 saturated heterocycles. The quantitative estimate of drug-likeness (QED) is 0.645. The number of nitrogens with zero attached hydrogens (tertiary/aromatic N) is 2. The standard InChI is InChI=1S/C15H20FN3O3/c16-14-10-21-6-5-18(14)12-3-1-2-4-13(12)19-8-11(7-17)22-15(19)9-20/h1-4,9,11,14-15H,5-8,10,17H2. The summed E-state index contributed by atoms with van der Waals surface area (Å²) in [7, 11) is 0. The first kappa shape index (κ1) is 15.2. The maximum Gasteiger partial charge on any atom is 0.196 e. The van der Waals surface area contributed by atoms with Gasteiger partial charge in [0, 0.05) is 19.6 Å². The number of alkyl halides is 1. The zero-order valence-electron chi connectivity index (χ0n) is 12.2. The van der Waals surface area contributed by atoms with Crippen LogP contribution < -0.4 is 15.5 Å². The molecule has 22 heavy (non-hydrogen) atoms. The van der Waals surface area contributed by atoms with Gasteiger partial charge in [-0.3, -0.25) is 4.79 Å². The summed E-state index contributed by atoms with van der Waals surface area (Å²) in [4.78, 5) is 14.8. The maximum absolute atomic E-state index is 14.2. The number of hydrogen-bond donors (Lipinski definition) is 1. The Morgan fingerprint density at radius 2 is 2.05 bits per heavy atom. The lowest BCUT2D eigenvalue weighted by Crippen LogP contribution is -2.44. The molecule has 2 aliphatic heterocycles. The molecule has 2 N–H and O–H groups in total. The Labute approximate surface area is 128 Å². The topological polar surface area (TPSA) is 68.0 Å². The number of anilines is 2. The van der Waals surface area contributed by atoms with Crippen molar-refractivity contribution in [2.45, 2.75) is 18.6 Å². The number of benzene rings is 1. The smallest absolute Gasteiger partial charge is 0.196 e. The van der Waals surface area contributed by atoms with Crippen molar-refractivity contribution in [3.63, 3.8) is 0 Å². The summed E-state index contributed by atoms with van der Waals surface area (Å²) >= 11 is 0. The molecule has 2 aliphatic rings. The van der Waals surface area contributed by atoms with Crippen molar-refractivity contribution in [2.75, 3.05) is 42.6 Å². The van der Waals surface area contributed by atoms with Gasteiger partial charge in [0.05, 0.1) is 30.7 Å². The lowest BCUT2D eigenvalue weighted by atomic mass is 10.2. The first-order valence-electron chi connectivity index (χ1n) is 7.39. The second-order valence-electron chi connectivity index (χ2n) is 5.36. The molecule has 1 aromatic rings. The minimum absolute atomic E-state index is 0.0490. The van der Waals surface area contributed by atoms with E-state index in [2.05, 4.69) is 0 Å². The molecule has 0 aromatic heterocycles. The van der Waals surface area contributed by atoms with Crippen LogP contribution in [0.3, 0.4) is 0 Å². The third-order valence-corrected chi connectivity index (χ3v) is 3.99. The number of carbonyl (C=O) groups is 1. The van der Waals surface area contributed by atoms with Gasteiger partial charge < -0.3 is 25.0 Å². The molecule has 0 amide bonds. The Morgan fingerprint density at radius 3 is 2.68 bits per heavy atom. The second kappa shape index (κ2) is 6.60. The zero-order chi connectivity index (χ0) is 15.5. The number of morpholine rings is 1. The van der Waals surface area contributed by atoms with Crippen LogP contribution in [0.25, 0.3) is 0 Å². The Bertz CT molecular complexity index is 531. The molecule has 0 saturated carbocycles. The summed E-state index contributed by atoms with van der Waals surface area (Å²) in [5, 5.41) is 0. The van der Waals surface area contributed by atoms with E-state index in [0.717, 1.165) is 17.7 Å². The van der Waals surface area contributed by atoms with Crippen molar-refractivity contribution in [2.24, 2.45) is 5.73 Å². The Balaban J connectivity index is 1.92. The number of aldehydes is 1. The Hall–Kier alpha value is -1.70. The van der Waals surface area contributed by atoms with E-state index in [1.165, 1.54) is 0 Å². The highest BCUT2D eigenvalue weighted by atomic mass is 19.1. The van der Waals surface area contributed by atoms with Crippen LogP contribution in [0.4, 0.5) is 15.8 Å². The van der Waals surface area contributed by atoms with Crippen LogP contribution in [0.1, 0.15) is 0 Å². The zero-order valence-corrected chi connectivity index (χ0v) is 12.2. The van der Waals surface area contributed by atoms with Gasteiger partial charge >= 0.3 is 0 Å². The highest BCUT2D eigenvalue weighted by Gasteiger charge is 2.35. The van der Waals surface area contributed by atoms with Crippen LogP contribution in [0.2, 0.25) is 0 Å². The van der Waals surface area contributed by atoms with E-state index >= 15 is 0 Å². The van der Waals surface area contributed by atoms with E-state index in [9.17, 15) is 9.18 Å². The Kier molecular flexibility index (Phi) is 4.56. The number of carbonyl (C=O) groups excluding carboxylic acids is 1.